The summed E-state index contributed by atoms with van der Waals surface area (Å²) in [6.45, 7) is 23.4. The van der Waals surface area contributed by atoms with Crippen molar-refractivity contribution in [1.29, 1.82) is 0 Å². The SMILES string of the molecule is C1CCCC1.C=CC(=O)OCCCCCCCOc1ccc(C(=[OH+])C=C(C)O)cc1.C=CC(=O)OCCCCCCCOc1ccc(C(=[OH+])C=C(C)O)cc1.C=CC(=O)OCCCCCCCc1ccc(OC(=O)C2CCCC2)cc1.C=CC(=O)OCCCCCCCc1ccc(OC(=O)C2CCCC2)cc1.C=CC(=O)OCCCCCCCc1ccc(OC(=O)C2CCCC2)cc1.[Fe].[Fe].[Pd]. The Balaban J connectivity index is 0.000000833. The van der Waals surface area contributed by atoms with E-state index >= 15 is 0 Å². The molecule has 4 fully saturated rings. The number of hydrogen-bond acceptors (Lipinski definition) is 20. The second-order valence-corrected chi connectivity index (χ2v) is 33.9. The molecule has 0 heterocycles. The minimum atomic E-state index is -0.368. The van der Waals surface area contributed by atoms with Crippen LogP contribution in [0.5, 0.6) is 28.7 Å². The van der Waals surface area contributed by atoms with Crippen molar-refractivity contribution in [3.05, 3.63) is 236 Å². The van der Waals surface area contributed by atoms with Crippen LogP contribution in [0.3, 0.4) is 0 Å². The van der Waals surface area contributed by atoms with E-state index in [-0.39, 0.29) is 143 Å². The fraction of sp³-hybridized carbons (Fsp3) is 0.514. The number of carbonyl (C=O) groups is 8. The van der Waals surface area contributed by atoms with E-state index in [1.54, 1.807) is 48.5 Å². The summed E-state index contributed by atoms with van der Waals surface area (Å²) in [6.07, 6.45) is 57.9. The second kappa shape index (κ2) is 81.3. The number of ether oxygens (including phenoxy) is 10. The van der Waals surface area contributed by atoms with Crippen LogP contribution in [0, 0.1) is 17.8 Å². The average Bonchev–Trinajstić information content (AvgIpc) is 1.57. The number of benzene rings is 5. The molecule has 0 aliphatic heterocycles. The molecule has 4 N–H and O–H groups in total. The van der Waals surface area contributed by atoms with Crippen molar-refractivity contribution in [3.63, 3.8) is 0 Å². The molecule has 0 unspecified atom stereocenters. The molecule has 4 aliphatic rings. The van der Waals surface area contributed by atoms with Crippen LogP contribution in [0.4, 0.5) is 0 Å². The first-order valence-corrected chi connectivity index (χ1v) is 48.8. The molecule has 0 atom stereocenters. The smallest absolute Gasteiger partial charge is 0.350 e. The Labute approximate surface area is 845 Å². The maximum atomic E-state index is 12.0. The number of allylic oxidation sites excluding steroid dienone is 4. The van der Waals surface area contributed by atoms with Gasteiger partial charge in [-0.25, -0.2) is 24.0 Å². The Morgan fingerprint density at radius 2 is 0.478 bits per heavy atom. The molecule has 5 aromatic carbocycles. The third-order valence-electron chi connectivity index (χ3n) is 22.7. The molecule has 0 bridgehead atoms. The van der Waals surface area contributed by atoms with Gasteiger partial charge in [-0.1, -0.05) is 236 Å². The van der Waals surface area contributed by atoms with Gasteiger partial charge < -0.3 is 57.6 Å². The van der Waals surface area contributed by atoms with Crippen molar-refractivity contribution >= 4 is 59.3 Å². The summed E-state index contributed by atoms with van der Waals surface area (Å²) in [6, 6.07) is 37.8. The molecule has 5 aromatic rings. The number of aliphatic hydroxyl groups is 2. The van der Waals surface area contributed by atoms with Crippen molar-refractivity contribution in [2.45, 2.75) is 303 Å². The third kappa shape index (κ3) is 62.9. The third-order valence-corrected chi connectivity index (χ3v) is 22.7. The predicted octanol–water partition coefficient (Wildman–Crippen LogP) is 25.2. The van der Waals surface area contributed by atoms with E-state index in [9.17, 15) is 47.9 Å². The Bertz CT molecular complexity index is 3860. The normalized spacial score (nSPS) is 13.0. The van der Waals surface area contributed by atoms with Crippen LogP contribution in [0.25, 0.3) is 0 Å². The molecule has 22 nitrogen and oxygen atoms in total. The number of hydrogen-bond donors (Lipinski definition) is 2. The number of aryl methyl sites for hydroxylation is 3. The Morgan fingerprint density at radius 1 is 0.287 bits per heavy atom. The van der Waals surface area contributed by atoms with Gasteiger partial charge in [0.15, 0.2) is 0 Å². The summed E-state index contributed by atoms with van der Waals surface area (Å²) in [7, 11) is 0. The van der Waals surface area contributed by atoms with Gasteiger partial charge in [-0.15, -0.1) is 0 Å². The van der Waals surface area contributed by atoms with E-state index in [0.717, 1.165) is 268 Å². The molecule has 754 valence electrons. The van der Waals surface area contributed by atoms with Crippen LogP contribution in [0.15, 0.2) is 208 Å². The van der Waals surface area contributed by atoms with Gasteiger partial charge in [0.2, 0.25) is 0 Å². The minimum Gasteiger partial charge on any atom is -0.512 e. The summed E-state index contributed by atoms with van der Waals surface area (Å²) in [5, 5.41) is 18.3. The van der Waals surface area contributed by atoms with Crippen LogP contribution in [-0.4, -0.2) is 125 Å². The maximum Gasteiger partial charge on any atom is 0.350 e. The molecule has 0 amide bonds. The van der Waals surface area contributed by atoms with Crippen molar-refractivity contribution in [2.75, 3.05) is 46.2 Å². The summed E-state index contributed by atoms with van der Waals surface area (Å²) in [5.41, 5.74) is 5.05. The van der Waals surface area contributed by atoms with Crippen molar-refractivity contribution in [1.82, 2.24) is 0 Å². The Hall–Kier alpha value is -9.72. The average molecular weight is 2060 g/mol. The monoisotopic (exact) mass is 2060 g/mol. The quantitative estimate of drug-likeness (QED) is 0.00420. The van der Waals surface area contributed by atoms with Gasteiger partial charge in [0.05, 0.1) is 98.8 Å². The second-order valence-electron chi connectivity index (χ2n) is 33.9. The predicted molar refractivity (Wildman–Crippen MR) is 526 cm³/mol. The van der Waals surface area contributed by atoms with Crippen LogP contribution in [-0.2, 0) is 136 Å². The van der Waals surface area contributed by atoms with Crippen LogP contribution in [0.2, 0.25) is 0 Å². The first kappa shape index (κ1) is 124. The number of ketones is 2. The maximum absolute atomic E-state index is 12.0. The zero-order chi connectivity index (χ0) is 96.4. The van der Waals surface area contributed by atoms with E-state index in [4.69, 9.17) is 57.6 Å². The van der Waals surface area contributed by atoms with Crippen LogP contribution >= 0.6 is 0 Å². The summed E-state index contributed by atoms with van der Waals surface area (Å²) in [4.78, 5) is 110. The van der Waals surface area contributed by atoms with E-state index in [0.29, 0.717) is 74.6 Å². The minimum absolute atomic E-state index is 0. The first-order chi connectivity index (χ1) is 64.6. The largest absolute Gasteiger partial charge is 0.512 e. The summed E-state index contributed by atoms with van der Waals surface area (Å²) in [5.74, 6) is 1.88. The van der Waals surface area contributed by atoms with Gasteiger partial charge in [-0.3, -0.25) is 24.0 Å². The van der Waals surface area contributed by atoms with Crippen molar-refractivity contribution in [2.24, 2.45) is 17.8 Å². The molecule has 0 saturated heterocycles. The van der Waals surface area contributed by atoms with E-state index in [1.807, 2.05) is 72.8 Å². The molecule has 4 saturated carbocycles. The fourth-order valence-corrected chi connectivity index (χ4v) is 15.0. The van der Waals surface area contributed by atoms with Gasteiger partial charge >= 0.3 is 59.3 Å². The molecule has 0 spiro atoms. The molecule has 25 heteroatoms. The van der Waals surface area contributed by atoms with Gasteiger partial charge in [0, 0.05) is 84.9 Å². The number of carbonyl (C=O) groups excluding carboxylic acids is 10. The molecule has 0 radical (unpaired) electrons. The number of rotatable bonds is 57. The Kier molecular flexibility index (Phi) is 74.3. The number of esters is 8. The molecule has 4 aliphatic carbocycles. The zero-order valence-electron chi connectivity index (χ0n) is 80.8. The van der Waals surface area contributed by atoms with E-state index in [2.05, 4.69) is 32.9 Å². The van der Waals surface area contributed by atoms with Gasteiger partial charge in [-0.2, -0.15) is 0 Å². The van der Waals surface area contributed by atoms with Crippen LogP contribution in [0.1, 0.15) is 311 Å². The molecular formula is C111H154Fe2O22Pd+2. The molecule has 0 aromatic heterocycles. The van der Waals surface area contributed by atoms with E-state index in [1.165, 1.54) is 105 Å². The number of aliphatic hydroxyl groups excluding tert-OH is 2. The summed E-state index contributed by atoms with van der Waals surface area (Å²) >= 11 is 0. The molecular weight excluding hydrogens is 1900 g/mol. The standard InChI is InChI=1S/3C22H30O4.2C20H26O5.C5H10.2Fe.Pd/c3*1-2-21(23)25-17-9-5-3-4-6-10-18-13-15-20(16-14-18)26-22(24)19-11-7-8-12-19;2*1-3-20(23)25-14-8-6-4-5-7-13-24-18-11-9-17(10-12-18)19(22)15-16(2)21;1-2-4-5-3-1;;;/h3*2,13-16,19H,1,3-12,17H2;2*3,9-12,15,21H,1,4-8,13-14H2,2H3;1-5H2;;;/p+2. The van der Waals surface area contributed by atoms with Gasteiger partial charge in [0.1, 0.15) is 28.7 Å². The van der Waals surface area contributed by atoms with Crippen molar-refractivity contribution < 1.29 is 160 Å². The van der Waals surface area contributed by atoms with Crippen LogP contribution < -0.4 is 23.7 Å². The molecule has 136 heavy (non-hydrogen) atoms. The van der Waals surface area contributed by atoms with Gasteiger partial charge in [-0.05, 0) is 237 Å². The topological polar surface area (TPSA) is 312 Å². The first-order valence-electron chi connectivity index (χ1n) is 48.8. The Morgan fingerprint density at radius 3 is 0.684 bits per heavy atom. The summed E-state index contributed by atoms with van der Waals surface area (Å²) < 4.78 is 52.4. The fourth-order valence-electron chi connectivity index (χ4n) is 15.0. The molecule has 9 rings (SSSR count). The zero-order valence-corrected chi connectivity index (χ0v) is 84.5. The number of unbranched alkanes of at least 4 members (excludes halogenated alkanes) is 20. The van der Waals surface area contributed by atoms with E-state index < -0.39 is 0 Å². The van der Waals surface area contributed by atoms with Gasteiger partial charge in [0.25, 0.3) is 0 Å². The van der Waals surface area contributed by atoms with Crippen molar-refractivity contribution in [3.8, 4) is 28.7 Å².